The molecule has 3 rings (SSSR count). The molecule has 0 amide bonds. The smallest absolute Gasteiger partial charge is 0.199 e. The fraction of sp³-hybridized carbons (Fsp3) is 0.471. The van der Waals surface area contributed by atoms with Crippen LogP contribution in [0.2, 0.25) is 0 Å². The van der Waals surface area contributed by atoms with E-state index in [2.05, 4.69) is 0 Å². The third kappa shape index (κ3) is 2.95. The van der Waals surface area contributed by atoms with Gasteiger partial charge < -0.3 is 14.2 Å². The number of rotatable bonds is 3. The summed E-state index contributed by atoms with van der Waals surface area (Å²) in [5.74, 6) is 1.47. The molecular formula is C17H20O4. The normalized spacial score (nSPS) is 23.5. The lowest BCUT2D eigenvalue weighted by molar-refractivity contribution is -0.106. The molecule has 0 aliphatic carbocycles. The Hall–Kier alpha value is -1.81. The minimum Gasteiger partial charge on any atom is -0.482 e. The van der Waals surface area contributed by atoms with Gasteiger partial charge in [-0.1, -0.05) is 0 Å². The van der Waals surface area contributed by atoms with Crippen LogP contribution in [-0.4, -0.2) is 24.8 Å². The Morgan fingerprint density at radius 2 is 2.19 bits per heavy atom. The van der Waals surface area contributed by atoms with Crippen LogP contribution >= 0.6 is 0 Å². The summed E-state index contributed by atoms with van der Waals surface area (Å²) in [6, 6.07) is 5.66. The predicted octanol–water partition coefficient (Wildman–Crippen LogP) is 3.35. The summed E-state index contributed by atoms with van der Waals surface area (Å²) in [6.45, 7) is 4.52. The van der Waals surface area contributed by atoms with E-state index in [4.69, 9.17) is 14.2 Å². The average molecular weight is 288 g/mol. The Kier molecular flexibility index (Phi) is 3.72. The maximum atomic E-state index is 11.1. The van der Waals surface area contributed by atoms with Gasteiger partial charge in [-0.2, -0.15) is 0 Å². The second-order valence-corrected chi connectivity index (χ2v) is 5.94. The van der Waals surface area contributed by atoms with E-state index in [1.165, 1.54) is 0 Å². The topological polar surface area (TPSA) is 44.8 Å². The molecule has 4 nitrogen and oxygen atoms in total. The van der Waals surface area contributed by atoms with Crippen LogP contribution in [0.4, 0.5) is 0 Å². The van der Waals surface area contributed by atoms with E-state index in [0.29, 0.717) is 5.57 Å². The molecule has 0 bridgehead atoms. The molecule has 112 valence electrons. The van der Waals surface area contributed by atoms with Crippen molar-refractivity contribution < 1.29 is 19.0 Å². The highest BCUT2D eigenvalue weighted by Crippen LogP contribution is 2.37. The molecule has 21 heavy (non-hydrogen) atoms. The van der Waals surface area contributed by atoms with Gasteiger partial charge in [-0.25, -0.2) is 0 Å². The third-order valence-corrected chi connectivity index (χ3v) is 3.89. The van der Waals surface area contributed by atoms with Crippen molar-refractivity contribution in [3.63, 3.8) is 0 Å². The second-order valence-electron chi connectivity index (χ2n) is 5.94. The Morgan fingerprint density at radius 3 is 2.90 bits per heavy atom. The standard InChI is InChI=1S/C17H20O4/c1-17(2)13(11-18)9-12-6-7-14(10-15(12)21-17)20-16-5-3-4-8-19-16/h6-7,9-11,16H,3-5,8H2,1-2H3. The molecule has 1 saturated heterocycles. The summed E-state index contributed by atoms with van der Waals surface area (Å²) in [4.78, 5) is 11.1. The number of benzene rings is 1. The summed E-state index contributed by atoms with van der Waals surface area (Å²) < 4.78 is 17.4. The lowest BCUT2D eigenvalue weighted by atomic mass is 9.93. The molecule has 0 spiro atoms. The molecule has 1 unspecified atom stereocenters. The van der Waals surface area contributed by atoms with Gasteiger partial charge in [-0.15, -0.1) is 0 Å². The van der Waals surface area contributed by atoms with Crippen LogP contribution in [0.25, 0.3) is 6.08 Å². The lowest BCUT2D eigenvalue weighted by Crippen LogP contribution is -2.34. The minimum absolute atomic E-state index is 0.172. The first-order chi connectivity index (χ1) is 10.1. The van der Waals surface area contributed by atoms with Crippen molar-refractivity contribution in [2.75, 3.05) is 6.61 Å². The zero-order chi connectivity index (χ0) is 14.9. The first kappa shape index (κ1) is 14.1. The molecule has 0 saturated carbocycles. The first-order valence-electron chi connectivity index (χ1n) is 7.37. The van der Waals surface area contributed by atoms with E-state index >= 15 is 0 Å². The molecule has 2 aliphatic rings. The van der Waals surface area contributed by atoms with Crippen molar-refractivity contribution in [3.8, 4) is 11.5 Å². The summed E-state index contributed by atoms with van der Waals surface area (Å²) in [6.07, 6.45) is 5.69. The molecule has 1 aromatic carbocycles. The van der Waals surface area contributed by atoms with Gasteiger partial charge in [0.2, 0.25) is 0 Å². The van der Waals surface area contributed by atoms with Gasteiger partial charge in [0.1, 0.15) is 23.4 Å². The first-order valence-corrected chi connectivity index (χ1v) is 7.37. The van der Waals surface area contributed by atoms with Crippen LogP contribution in [0.15, 0.2) is 23.8 Å². The van der Waals surface area contributed by atoms with Crippen molar-refractivity contribution in [1.82, 2.24) is 0 Å². The zero-order valence-corrected chi connectivity index (χ0v) is 12.4. The van der Waals surface area contributed by atoms with Crippen molar-refractivity contribution in [1.29, 1.82) is 0 Å². The van der Waals surface area contributed by atoms with Gasteiger partial charge in [0, 0.05) is 23.6 Å². The number of hydrogen-bond donors (Lipinski definition) is 0. The summed E-state index contributed by atoms with van der Waals surface area (Å²) >= 11 is 0. The SMILES string of the molecule is CC1(C)Oc2cc(OC3CCCCO3)ccc2C=C1C=O. The van der Waals surface area contributed by atoms with Crippen molar-refractivity contribution in [2.45, 2.75) is 45.0 Å². The van der Waals surface area contributed by atoms with Crippen molar-refractivity contribution in [3.05, 3.63) is 29.3 Å². The fourth-order valence-corrected chi connectivity index (χ4v) is 2.60. The summed E-state index contributed by atoms with van der Waals surface area (Å²) in [5, 5.41) is 0. The maximum absolute atomic E-state index is 11.1. The largest absolute Gasteiger partial charge is 0.482 e. The van der Waals surface area contributed by atoms with Crippen LogP contribution in [-0.2, 0) is 9.53 Å². The van der Waals surface area contributed by atoms with E-state index in [-0.39, 0.29) is 6.29 Å². The number of hydrogen-bond acceptors (Lipinski definition) is 4. The van der Waals surface area contributed by atoms with E-state index in [1.54, 1.807) is 0 Å². The molecule has 2 aliphatic heterocycles. The maximum Gasteiger partial charge on any atom is 0.199 e. The van der Waals surface area contributed by atoms with E-state index < -0.39 is 5.60 Å². The highest BCUT2D eigenvalue weighted by Gasteiger charge is 2.30. The summed E-state index contributed by atoms with van der Waals surface area (Å²) in [5.41, 5.74) is 0.918. The molecule has 1 atom stereocenters. The van der Waals surface area contributed by atoms with E-state index in [0.717, 1.165) is 49.2 Å². The highest BCUT2D eigenvalue weighted by molar-refractivity contribution is 5.86. The molecule has 2 heterocycles. The lowest BCUT2D eigenvalue weighted by Gasteiger charge is -2.32. The number of aldehydes is 1. The highest BCUT2D eigenvalue weighted by atomic mass is 16.7. The molecule has 4 heteroatoms. The van der Waals surface area contributed by atoms with Gasteiger partial charge in [0.05, 0.1) is 6.61 Å². The van der Waals surface area contributed by atoms with Crippen LogP contribution in [0.3, 0.4) is 0 Å². The Labute approximate surface area is 124 Å². The van der Waals surface area contributed by atoms with Crippen LogP contribution in [0.1, 0.15) is 38.7 Å². The van der Waals surface area contributed by atoms with Gasteiger partial charge in [-0.3, -0.25) is 4.79 Å². The number of carbonyl (C=O) groups excluding carboxylic acids is 1. The quantitative estimate of drug-likeness (QED) is 0.800. The molecular weight excluding hydrogens is 268 g/mol. The monoisotopic (exact) mass is 288 g/mol. The molecule has 0 radical (unpaired) electrons. The van der Waals surface area contributed by atoms with Gasteiger partial charge in [0.25, 0.3) is 0 Å². The predicted molar refractivity (Wildman–Crippen MR) is 79.4 cm³/mol. The van der Waals surface area contributed by atoms with Gasteiger partial charge in [-0.05, 0) is 44.9 Å². The minimum atomic E-state index is -0.616. The zero-order valence-electron chi connectivity index (χ0n) is 12.4. The number of carbonyl (C=O) groups is 1. The number of fused-ring (bicyclic) bond motifs is 1. The van der Waals surface area contributed by atoms with Crippen LogP contribution in [0.5, 0.6) is 11.5 Å². The number of ether oxygens (including phenoxy) is 3. The second kappa shape index (κ2) is 5.53. The van der Waals surface area contributed by atoms with Crippen LogP contribution in [0, 0.1) is 0 Å². The molecule has 1 aromatic rings. The Bertz CT molecular complexity index is 568. The Morgan fingerprint density at radius 1 is 1.33 bits per heavy atom. The third-order valence-electron chi connectivity index (χ3n) is 3.89. The Balaban J connectivity index is 1.82. The molecule has 0 aromatic heterocycles. The molecule has 0 N–H and O–H groups in total. The molecule has 1 fully saturated rings. The van der Waals surface area contributed by atoms with E-state index in [1.807, 2.05) is 38.1 Å². The average Bonchev–Trinajstić information content (AvgIpc) is 2.46. The summed E-state index contributed by atoms with van der Waals surface area (Å²) in [7, 11) is 0. The van der Waals surface area contributed by atoms with Crippen molar-refractivity contribution in [2.24, 2.45) is 0 Å². The fourth-order valence-electron chi connectivity index (χ4n) is 2.60. The van der Waals surface area contributed by atoms with E-state index in [9.17, 15) is 4.79 Å². The van der Waals surface area contributed by atoms with Crippen molar-refractivity contribution >= 4 is 12.4 Å². The van der Waals surface area contributed by atoms with Crippen LogP contribution < -0.4 is 9.47 Å². The van der Waals surface area contributed by atoms with Gasteiger partial charge >= 0.3 is 0 Å². The van der Waals surface area contributed by atoms with Gasteiger partial charge in [0.15, 0.2) is 6.29 Å².